The largest absolute Gasteiger partial charge is 0.365 e. The highest BCUT2D eigenvalue weighted by molar-refractivity contribution is 6.30. The van der Waals surface area contributed by atoms with Crippen LogP contribution < -0.4 is 10.6 Å². The van der Waals surface area contributed by atoms with Gasteiger partial charge < -0.3 is 10.6 Å². The molecule has 126 valence electrons. The van der Waals surface area contributed by atoms with Crippen molar-refractivity contribution in [3.05, 3.63) is 82.5 Å². The van der Waals surface area contributed by atoms with Gasteiger partial charge in [-0.1, -0.05) is 41.4 Å². The van der Waals surface area contributed by atoms with E-state index >= 15 is 0 Å². The summed E-state index contributed by atoms with van der Waals surface area (Å²) in [5, 5.41) is 14.7. The minimum Gasteiger partial charge on any atom is -0.365 e. The number of aromatic nitrogens is 2. The molecule has 0 bridgehead atoms. The van der Waals surface area contributed by atoms with Crippen LogP contribution in [-0.2, 0) is 6.54 Å². The van der Waals surface area contributed by atoms with Gasteiger partial charge in [-0.3, -0.25) is 4.79 Å². The molecular weight excluding hydrogens is 336 g/mol. The summed E-state index contributed by atoms with van der Waals surface area (Å²) in [6.07, 6.45) is 0. The number of nitrogens with zero attached hydrogens (tertiary/aromatic N) is 2. The van der Waals surface area contributed by atoms with E-state index in [1.54, 1.807) is 12.1 Å². The average molecular weight is 353 g/mol. The molecule has 2 aromatic carbocycles. The maximum atomic E-state index is 12.2. The first-order valence-electron chi connectivity index (χ1n) is 7.80. The first-order chi connectivity index (χ1) is 12.1. The predicted molar refractivity (Wildman–Crippen MR) is 99.9 cm³/mol. The minimum absolute atomic E-state index is 0.262. The summed E-state index contributed by atoms with van der Waals surface area (Å²) in [6, 6.07) is 18.5. The third-order valence-corrected chi connectivity index (χ3v) is 3.85. The SMILES string of the molecule is Cc1ccc(NC(=O)c2ccc(NCc3ccc(Cl)cc3)nn2)cc1. The molecule has 0 saturated heterocycles. The second-order valence-corrected chi connectivity index (χ2v) is 6.04. The Morgan fingerprint density at radius 2 is 1.68 bits per heavy atom. The molecule has 0 fully saturated rings. The van der Waals surface area contributed by atoms with Gasteiger partial charge in [-0.2, -0.15) is 0 Å². The standard InChI is InChI=1S/C19H17ClN4O/c1-13-2-8-16(9-3-13)22-19(25)17-10-11-18(24-23-17)21-12-14-4-6-15(20)7-5-14/h2-11H,12H2,1H3,(H,21,24)(H,22,25). The molecule has 1 aromatic heterocycles. The van der Waals surface area contributed by atoms with Crippen LogP contribution in [0.5, 0.6) is 0 Å². The maximum absolute atomic E-state index is 12.2. The summed E-state index contributed by atoms with van der Waals surface area (Å²) < 4.78 is 0. The number of halogens is 1. The van der Waals surface area contributed by atoms with Gasteiger partial charge in [0.15, 0.2) is 5.69 Å². The molecule has 0 atom stereocenters. The lowest BCUT2D eigenvalue weighted by Gasteiger charge is -2.07. The summed E-state index contributed by atoms with van der Waals surface area (Å²) >= 11 is 5.86. The summed E-state index contributed by atoms with van der Waals surface area (Å²) in [5.41, 5.74) is 3.20. The van der Waals surface area contributed by atoms with Crippen LogP contribution >= 0.6 is 11.6 Å². The molecule has 0 aliphatic heterocycles. The minimum atomic E-state index is -0.291. The molecule has 3 aromatic rings. The lowest BCUT2D eigenvalue weighted by Crippen LogP contribution is -2.14. The van der Waals surface area contributed by atoms with Crippen molar-refractivity contribution in [2.45, 2.75) is 13.5 Å². The molecule has 1 amide bonds. The van der Waals surface area contributed by atoms with E-state index in [-0.39, 0.29) is 11.6 Å². The van der Waals surface area contributed by atoms with E-state index in [9.17, 15) is 4.79 Å². The fraction of sp³-hybridized carbons (Fsp3) is 0.105. The van der Waals surface area contributed by atoms with Crippen LogP contribution in [0, 0.1) is 6.92 Å². The number of aryl methyl sites for hydroxylation is 1. The van der Waals surface area contributed by atoms with Crippen molar-refractivity contribution in [2.75, 3.05) is 10.6 Å². The Kier molecular flexibility index (Phi) is 5.26. The van der Waals surface area contributed by atoms with Gasteiger partial charge in [-0.05, 0) is 48.9 Å². The molecule has 2 N–H and O–H groups in total. The number of rotatable bonds is 5. The predicted octanol–water partition coefficient (Wildman–Crippen LogP) is 4.30. The summed E-state index contributed by atoms with van der Waals surface area (Å²) in [7, 11) is 0. The Bertz CT molecular complexity index is 846. The Hall–Kier alpha value is -2.92. The van der Waals surface area contributed by atoms with Crippen LogP contribution in [0.2, 0.25) is 5.02 Å². The van der Waals surface area contributed by atoms with Gasteiger partial charge in [-0.25, -0.2) is 0 Å². The Morgan fingerprint density at radius 3 is 2.32 bits per heavy atom. The van der Waals surface area contributed by atoms with E-state index in [1.165, 1.54) is 0 Å². The van der Waals surface area contributed by atoms with E-state index in [4.69, 9.17) is 11.6 Å². The smallest absolute Gasteiger partial charge is 0.276 e. The van der Waals surface area contributed by atoms with Crippen LogP contribution in [0.3, 0.4) is 0 Å². The Balaban J connectivity index is 1.58. The van der Waals surface area contributed by atoms with Crippen molar-refractivity contribution in [1.82, 2.24) is 10.2 Å². The van der Waals surface area contributed by atoms with Crippen LogP contribution in [0.1, 0.15) is 21.6 Å². The highest BCUT2D eigenvalue weighted by Crippen LogP contribution is 2.12. The fourth-order valence-electron chi connectivity index (χ4n) is 2.17. The molecule has 6 heteroatoms. The topological polar surface area (TPSA) is 66.9 Å². The normalized spacial score (nSPS) is 10.3. The van der Waals surface area contributed by atoms with Gasteiger partial charge in [0.1, 0.15) is 5.82 Å². The van der Waals surface area contributed by atoms with Crippen LogP contribution in [0.15, 0.2) is 60.7 Å². The number of amides is 1. The molecule has 0 spiro atoms. The van der Waals surface area contributed by atoms with Crippen molar-refractivity contribution in [1.29, 1.82) is 0 Å². The number of benzene rings is 2. The van der Waals surface area contributed by atoms with E-state index in [2.05, 4.69) is 20.8 Å². The number of anilines is 2. The van der Waals surface area contributed by atoms with E-state index < -0.39 is 0 Å². The molecule has 1 heterocycles. The summed E-state index contributed by atoms with van der Waals surface area (Å²) in [5.74, 6) is 0.308. The lowest BCUT2D eigenvalue weighted by atomic mass is 10.2. The molecule has 0 aliphatic carbocycles. The second kappa shape index (κ2) is 7.77. The molecular formula is C19H17ClN4O. The summed E-state index contributed by atoms with van der Waals surface area (Å²) in [6.45, 7) is 2.59. The van der Waals surface area contributed by atoms with Gasteiger partial charge >= 0.3 is 0 Å². The zero-order chi connectivity index (χ0) is 17.6. The van der Waals surface area contributed by atoms with Crippen molar-refractivity contribution >= 4 is 29.0 Å². The molecule has 0 unspecified atom stereocenters. The zero-order valence-corrected chi connectivity index (χ0v) is 14.4. The van der Waals surface area contributed by atoms with Gasteiger partial charge in [0.2, 0.25) is 0 Å². The van der Waals surface area contributed by atoms with Crippen LogP contribution in [0.4, 0.5) is 11.5 Å². The number of nitrogens with one attached hydrogen (secondary N) is 2. The number of hydrogen-bond donors (Lipinski definition) is 2. The van der Waals surface area contributed by atoms with Crippen molar-refractivity contribution < 1.29 is 4.79 Å². The quantitative estimate of drug-likeness (QED) is 0.718. The number of carbonyl (C=O) groups excluding carboxylic acids is 1. The monoisotopic (exact) mass is 352 g/mol. The molecule has 0 radical (unpaired) electrons. The van der Waals surface area contributed by atoms with Gasteiger partial charge in [0.05, 0.1) is 0 Å². The first kappa shape index (κ1) is 16.9. The Morgan fingerprint density at radius 1 is 0.960 bits per heavy atom. The molecule has 0 aliphatic rings. The van der Waals surface area contributed by atoms with Crippen molar-refractivity contribution in [2.24, 2.45) is 0 Å². The van der Waals surface area contributed by atoms with Gasteiger partial charge in [0, 0.05) is 17.3 Å². The molecule has 25 heavy (non-hydrogen) atoms. The molecule has 3 rings (SSSR count). The highest BCUT2D eigenvalue weighted by atomic mass is 35.5. The third-order valence-electron chi connectivity index (χ3n) is 3.59. The zero-order valence-electron chi connectivity index (χ0n) is 13.7. The number of carbonyl (C=O) groups is 1. The van der Waals surface area contributed by atoms with Crippen molar-refractivity contribution in [3.63, 3.8) is 0 Å². The fourth-order valence-corrected chi connectivity index (χ4v) is 2.30. The molecule has 5 nitrogen and oxygen atoms in total. The highest BCUT2D eigenvalue weighted by Gasteiger charge is 2.08. The number of hydrogen-bond acceptors (Lipinski definition) is 4. The van der Waals surface area contributed by atoms with Gasteiger partial charge in [-0.15, -0.1) is 10.2 Å². The third kappa shape index (κ3) is 4.78. The average Bonchev–Trinajstić information content (AvgIpc) is 2.63. The first-order valence-corrected chi connectivity index (χ1v) is 8.18. The van der Waals surface area contributed by atoms with E-state index in [0.29, 0.717) is 17.4 Å². The molecule has 0 saturated carbocycles. The Labute approximate surface area is 151 Å². The van der Waals surface area contributed by atoms with E-state index in [0.717, 1.165) is 16.8 Å². The van der Waals surface area contributed by atoms with Crippen LogP contribution in [-0.4, -0.2) is 16.1 Å². The second-order valence-electron chi connectivity index (χ2n) is 5.60. The van der Waals surface area contributed by atoms with Crippen LogP contribution in [0.25, 0.3) is 0 Å². The lowest BCUT2D eigenvalue weighted by molar-refractivity contribution is 0.102. The van der Waals surface area contributed by atoms with E-state index in [1.807, 2.05) is 55.5 Å². The summed E-state index contributed by atoms with van der Waals surface area (Å²) in [4.78, 5) is 12.2. The van der Waals surface area contributed by atoms with Gasteiger partial charge in [0.25, 0.3) is 5.91 Å². The van der Waals surface area contributed by atoms with Crippen molar-refractivity contribution in [3.8, 4) is 0 Å². The maximum Gasteiger partial charge on any atom is 0.276 e.